The standard InChI is InChI=1S/C21H18N2O4S/c1-3-12-27-17-10-4-14(5-11-17)13-18-19(24)23(2)21(28-18)22-16-8-6-15(7-9-16)20(25)26/h3-11,13H,1,12H2,2H3,(H,25,26)/b18-13+,22-21?. The number of nitrogens with zero attached hydrogens (tertiary/aromatic N) is 2. The minimum atomic E-state index is -0.993. The van der Waals surface area contributed by atoms with Crippen LogP contribution in [-0.4, -0.2) is 40.7 Å². The third-order valence-electron chi connectivity index (χ3n) is 3.89. The molecule has 1 amide bonds. The minimum Gasteiger partial charge on any atom is -0.490 e. The van der Waals surface area contributed by atoms with Gasteiger partial charge >= 0.3 is 5.97 Å². The fourth-order valence-electron chi connectivity index (χ4n) is 2.41. The van der Waals surface area contributed by atoms with Crippen LogP contribution in [0.3, 0.4) is 0 Å². The molecule has 1 aliphatic rings. The van der Waals surface area contributed by atoms with E-state index in [4.69, 9.17) is 9.84 Å². The van der Waals surface area contributed by atoms with Crippen molar-refractivity contribution in [3.63, 3.8) is 0 Å². The highest BCUT2D eigenvalue weighted by molar-refractivity contribution is 8.18. The summed E-state index contributed by atoms with van der Waals surface area (Å²) >= 11 is 1.27. The van der Waals surface area contributed by atoms with Crippen LogP contribution < -0.4 is 4.74 Å². The normalized spacial score (nSPS) is 16.6. The summed E-state index contributed by atoms with van der Waals surface area (Å²) in [5.74, 6) is -0.401. The molecule has 0 bridgehead atoms. The number of hydrogen-bond donors (Lipinski definition) is 1. The van der Waals surface area contributed by atoms with Gasteiger partial charge in [0.1, 0.15) is 12.4 Å². The fourth-order valence-corrected chi connectivity index (χ4v) is 3.39. The zero-order valence-corrected chi connectivity index (χ0v) is 16.0. The Morgan fingerprint density at radius 1 is 1.21 bits per heavy atom. The van der Waals surface area contributed by atoms with Crippen LogP contribution in [0.1, 0.15) is 15.9 Å². The van der Waals surface area contributed by atoms with Gasteiger partial charge in [-0.2, -0.15) is 0 Å². The molecular weight excluding hydrogens is 376 g/mol. The van der Waals surface area contributed by atoms with Crippen molar-refractivity contribution < 1.29 is 19.4 Å². The number of rotatable bonds is 6. The Bertz CT molecular complexity index is 963. The van der Waals surface area contributed by atoms with Gasteiger partial charge in [-0.3, -0.25) is 9.69 Å². The molecule has 0 atom stereocenters. The molecule has 2 aromatic carbocycles. The number of carbonyl (C=O) groups is 2. The second kappa shape index (κ2) is 8.58. The number of carboxylic acids is 1. The molecule has 3 rings (SSSR count). The maximum Gasteiger partial charge on any atom is 0.335 e. The molecular formula is C21H18N2O4S. The Kier molecular flexibility index (Phi) is 5.96. The molecule has 1 N–H and O–H groups in total. The summed E-state index contributed by atoms with van der Waals surface area (Å²) < 4.78 is 5.45. The summed E-state index contributed by atoms with van der Waals surface area (Å²) in [6.07, 6.45) is 3.48. The van der Waals surface area contributed by atoms with Gasteiger partial charge in [-0.05, 0) is 59.8 Å². The monoisotopic (exact) mass is 394 g/mol. The molecule has 0 aliphatic carbocycles. The highest BCUT2D eigenvalue weighted by Crippen LogP contribution is 2.33. The molecule has 28 heavy (non-hydrogen) atoms. The number of hydrogen-bond acceptors (Lipinski definition) is 5. The number of carbonyl (C=O) groups excluding carboxylic acids is 1. The van der Waals surface area contributed by atoms with Gasteiger partial charge in [0, 0.05) is 7.05 Å². The van der Waals surface area contributed by atoms with E-state index in [-0.39, 0.29) is 11.5 Å². The number of carboxylic acid groups (broad SMARTS) is 1. The summed E-state index contributed by atoms with van der Waals surface area (Å²) in [7, 11) is 1.66. The summed E-state index contributed by atoms with van der Waals surface area (Å²) in [4.78, 5) is 29.9. The lowest BCUT2D eigenvalue weighted by atomic mass is 10.2. The van der Waals surface area contributed by atoms with E-state index in [1.54, 1.807) is 31.3 Å². The van der Waals surface area contributed by atoms with Gasteiger partial charge in [0.25, 0.3) is 5.91 Å². The van der Waals surface area contributed by atoms with Crippen molar-refractivity contribution in [2.45, 2.75) is 0 Å². The molecule has 1 heterocycles. The number of amides is 1. The van der Waals surface area contributed by atoms with Crippen molar-refractivity contribution >= 4 is 40.6 Å². The summed E-state index contributed by atoms with van der Waals surface area (Å²) in [6.45, 7) is 4.05. The van der Waals surface area contributed by atoms with E-state index in [9.17, 15) is 9.59 Å². The SMILES string of the molecule is C=CCOc1ccc(/C=C2/SC(=Nc3ccc(C(=O)O)cc3)N(C)C2=O)cc1. The molecule has 2 aromatic rings. The predicted molar refractivity (Wildman–Crippen MR) is 111 cm³/mol. The zero-order valence-electron chi connectivity index (χ0n) is 15.2. The molecule has 0 saturated carbocycles. The second-order valence-electron chi connectivity index (χ2n) is 5.89. The van der Waals surface area contributed by atoms with Gasteiger partial charge in [0.05, 0.1) is 16.2 Å². The highest BCUT2D eigenvalue weighted by Gasteiger charge is 2.30. The van der Waals surface area contributed by atoms with Crippen LogP contribution in [0, 0.1) is 0 Å². The lowest BCUT2D eigenvalue weighted by Crippen LogP contribution is -2.23. The van der Waals surface area contributed by atoms with Gasteiger partial charge in [-0.15, -0.1) is 0 Å². The van der Waals surface area contributed by atoms with E-state index < -0.39 is 5.97 Å². The summed E-state index contributed by atoms with van der Waals surface area (Å²) in [6, 6.07) is 13.6. The molecule has 7 heteroatoms. The predicted octanol–water partition coefficient (Wildman–Crippen LogP) is 4.18. The first kappa shape index (κ1) is 19.4. The maximum absolute atomic E-state index is 12.5. The van der Waals surface area contributed by atoms with Crippen LogP contribution in [0.15, 0.2) is 71.1 Å². The van der Waals surface area contributed by atoms with Gasteiger partial charge in [-0.1, -0.05) is 24.8 Å². The van der Waals surface area contributed by atoms with E-state index in [1.807, 2.05) is 24.3 Å². The molecule has 0 aromatic heterocycles. The third-order valence-corrected chi connectivity index (χ3v) is 4.95. The lowest BCUT2D eigenvalue weighted by Gasteiger charge is -2.07. The molecule has 1 fully saturated rings. The molecule has 0 radical (unpaired) electrons. The van der Waals surface area contributed by atoms with Crippen LogP contribution in [-0.2, 0) is 4.79 Å². The number of aliphatic imine (C=N–C) groups is 1. The average molecular weight is 394 g/mol. The van der Waals surface area contributed by atoms with Crippen LogP contribution in [0.2, 0.25) is 0 Å². The third kappa shape index (κ3) is 4.50. The lowest BCUT2D eigenvalue weighted by molar-refractivity contribution is -0.121. The molecule has 142 valence electrons. The van der Waals surface area contributed by atoms with Crippen molar-refractivity contribution in [3.8, 4) is 5.75 Å². The van der Waals surface area contributed by atoms with Gasteiger partial charge in [-0.25, -0.2) is 9.79 Å². The first-order chi connectivity index (χ1) is 13.5. The Balaban J connectivity index is 1.77. The molecule has 0 spiro atoms. The Morgan fingerprint density at radius 2 is 1.89 bits per heavy atom. The molecule has 1 aliphatic heterocycles. The highest BCUT2D eigenvalue weighted by atomic mass is 32.2. The summed E-state index contributed by atoms with van der Waals surface area (Å²) in [5, 5.41) is 9.49. The van der Waals surface area contributed by atoms with Crippen molar-refractivity contribution in [2.75, 3.05) is 13.7 Å². The second-order valence-corrected chi connectivity index (χ2v) is 6.90. The van der Waals surface area contributed by atoms with Gasteiger partial charge < -0.3 is 9.84 Å². The molecule has 6 nitrogen and oxygen atoms in total. The number of ether oxygens (including phenoxy) is 1. The topological polar surface area (TPSA) is 79.2 Å². The summed E-state index contributed by atoms with van der Waals surface area (Å²) in [5.41, 5.74) is 1.65. The van der Waals surface area contributed by atoms with E-state index in [0.717, 1.165) is 11.3 Å². The van der Waals surface area contributed by atoms with Crippen LogP contribution >= 0.6 is 11.8 Å². The average Bonchev–Trinajstić information content (AvgIpc) is 2.95. The van der Waals surface area contributed by atoms with E-state index >= 15 is 0 Å². The Labute approximate surface area is 166 Å². The van der Waals surface area contributed by atoms with Gasteiger partial charge in [0.2, 0.25) is 0 Å². The fraction of sp³-hybridized carbons (Fsp3) is 0.0952. The Morgan fingerprint density at radius 3 is 2.50 bits per heavy atom. The van der Waals surface area contributed by atoms with E-state index in [2.05, 4.69) is 11.6 Å². The number of likely N-dealkylation sites (N-methyl/N-ethyl adjacent to an activating group) is 1. The first-order valence-electron chi connectivity index (χ1n) is 8.41. The van der Waals surface area contributed by atoms with Crippen molar-refractivity contribution in [3.05, 3.63) is 77.2 Å². The van der Waals surface area contributed by atoms with E-state index in [0.29, 0.717) is 22.4 Å². The van der Waals surface area contributed by atoms with Crippen LogP contribution in [0.5, 0.6) is 5.75 Å². The number of thioether (sulfide) groups is 1. The molecule has 1 saturated heterocycles. The zero-order chi connectivity index (χ0) is 20.1. The quantitative estimate of drug-likeness (QED) is 0.587. The van der Waals surface area contributed by atoms with Crippen LogP contribution in [0.4, 0.5) is 5.69 Å². The van der Waals surface area contributed by atoms with Gasteiger partial charge in [0.15, 0.2) is 5.17 Å². The largest absolute Gasteiger partial charge is 0.490 e. The van der Waals surface area contributed by atoms with Crippen molar-refractivity contribution in [1.82, 2.24) is 4.90 Å². The van der Waals surface area contributed by atoms with E-state index in [1.165, 1.54) is 28.8 Å². The van der Waals surface area contributed by atoms with Crippen LogP contribution in [0.25, 0.3) is 6.08 Å². The van der Waals surface area contributed by atoms with Crippen molar-refractivity contribution in [2.24, 2.45) is 4.99 Å². The number of aromatic carboxylic acids is 1. The minimum absolute atomic E-state index is 0.141. The number of amidine groups is 1. The molecule has 0 unspecified atom stereocenters. The maximum atomic E-state index is 12.5. The Hall–Kier alpha value is -3.32. The first-order valence-corrected chi connectivity index (χ1v) is 9.23. The number of benzene rings is 2. The smallest absolute Gasteiger partial charge is 0.335 e. The van der Waals surface area contributed by atoms with Crippen molar-refractivity contribution in [1.29, 1.82) is 0 Å².